The van der Waals surface area contributed by atoms with Crippen LogP contribution < -0.4 is 5.73 Å². The van der Waals surface area contributed by atoms with Gasteiger partial charge in [-0.15, -0.1) is 0 Å². The summed E-state index contributed by atoms with van der Waals surface area (Å²) in [7, 11) is 4.27. The Morgan fingerprint density at radius 1 is 1.10 bits per heavy atom. The molecule has 6 heteroatoms. The third kappa shape index (κ3) is 1.81. The monoisotopic (exact) mass is 288 g/mol. The lowest BCUT2D eigenvalue weighted by atomic mass is 9.82. The molecule has 2 aliphatic heterocycles. The van der Waals surface area contributed by atoms with Crippen LogP contribution in [0.1, 0.15) is 43.8 Å². The zero-order chi connectivity index (χ0) is 14.7. The number of piperidine rings is 2. The van der Waals surface area contributed by atoms with E-state index in [1.165, 1.54) is 32.1 Å². The maximum Gasteiger partial charge on any atom is 0.202 e. The van der Waals surface area contributed by atoms with Crippen LogP contribution in [0, 0.1) is 6.92 Å². The molecule has 6 nitrogen and oxygen atoms in total. The molecular formula is C15H24N6. The van der Waals surface area contributed by atoms with Gasteiger partial charge in [0.25, 0.3) is 0 Å². The van der Waals surface area contributed by atoms with Crippen molar-refractivity contribution in [3.63, 3.8) is 0 Å². The minimum Gasteiger partial charge on any atom is -0.369 e. The molecule has 4 heterocycles. The molecule has 0 spiro atoms. The Hall–Kier alpha value is -1.56. The van der Waals surface area contributed by atoms with Gasteiger partial charge in [-0.05, 0) is 39.7 Å². The third-order valence-corrected chi connectivity index (χ3v) is 5.54. The number of hydrogen-bond donors (Lipinski definition) is 1. The van der Waals surface area contributed by atoms with Gasteiger partial charge in [0.1, 0.15) is 5.52 Å². The molecule has 2 aromatic heterocycles. The number of rotatable bonds is 1. The zero-order valence-corrected chi connectivity index (χ0v) is 13.1. The number of nitrogens with zero attached hydrogens (tertiary/aromatic N) is 5. The van der Waals surface area contributed by atoms with Crippen molar-refractivity contribution in [3.8, 4) is 0 Å². The number of anilines is 1. The molecule has 2 bridgehead atoms. The molecule has 0 saturated carbocycles. The average molecular weight is 288 g/mol. The van der Waals surface area contributed by atoms with Crippen molar-refractivity contribution in [2.45, 2.75) is 57.2 Å². The van der Waals surface area contributed by atoms with E-state index >= 15 is 0 Å². The van der Waals surface area contributed by atoms with Crippen LogP contribution in [0.15, 0.2) is 0 Å². The van der Waals surface area contributed by atoms with Gasteiger partial charge in [0.2, 0.25) is 5.95 Å². The first-order valence-corrected chi connectivity index (χ1v) is 7.95. The number of nitrogens with two attached hydrogens (primary N) is 1. The molecule has 2 aromatic rings. The summed E-state index contributed by atoms with van der Waals surface area (Å²) in [6.45, 7) is 2.00. The number of aromatic nitrogens is 4. The lowest BCUT2D eigenvalue weighted by molar-refractivity contribution is 0.0412. The van der Waals surface area contributed by atoms with Crippen molar-refractivity contribution >= 4 is 17.1 Å². The minimum atomic E-state index is 0.455. The topological polar surface area (TPSA) is 64.9 Å². The van der Waals surface area contributed by atoms with E-state index in [0.29, 0.717) is 24.1 Å². The quantitative estimate of drug-likeness (QED) is 0.869. The normalized spacial score (nSPS) is 30.1. The number of aryl methyl sites for hydroxylation is 2. The van der Waals surface area contributed by atoms with Crippen molar-refractivity contribution in [1.82, 2.24) is 24.2 Å². The first-order chi connectivity index (χ1) is 10.1. The molecule has 2 atom stereocenters. The van der Waals surface area contributed by atoms with Crippen molar-refractivity contribution < 1.29 is 0 Å². The summed E-state index contributed by atoms with van der Waals surface area (Å²) in [6.07, 6.45) is 6.34. The highest BCUT2D eigenvalue weighted by molar-refractivity contribution is 5.77. The molecule has 0 aliphatic carbocycles. The third-order valence-electron chi connectivity index (χ3n) is 5.54. The highest BCUT2D eigenvalue weighted by Crippen LogP contribution is 2.40. The van der Waals surface area contributed by atoms with Crippen LogP contribution in [0.25, 0.3) is 11.2 Å². The molecule has 4 rings (SSSR count). The Morgan fingerprint density at radius 3 is 2.43 bits per heavy atom. The summed E-state index contributed by atoms with van der Waals surface area (Å²) in [5, 5.41) is 4.50. The molecule has 2 unspecified atom stereocenters. The molecular weight excluding hydrogens is 264 g/mol. The number of fused-ring (bicyclic) bond motifs is 3. The van der Waals surface area contributed by atoms with E-state index in [1.54, 1.807) is 0 Å². The second-order valence-corrected chi connectivity index (χ2v) is 6.75. The van der Waals surface area contributed by atoms with Gasteiger partial charge >= 0.3 is 0 Å². The second kappa shape index (κ2) is 4.47. The smallest absolute Gasteiger partial charge is 0.202 e. The molecule has 114 valence electrons. The Kier molecular flexibility index (Phi) is 2.79. The van der Waals surface area contributed by atoms with Gasteiger partial charge in [0.05, 0.1) is 5.69 Å². The summed E-state index contributed by atoms with van der Waals surface area (Å²) < 4.78 is 4.18. The number of hydrogen-bond acceptors (Lipinski definition) is 4. The highest BCUT2D eigenvalue weighted by Gasteiger charge is 2.38. The van der Waals surface area contributed by atoms with Crippen LogP contribution in [0.5, 0.6) is 0 Å². The fraction of sp³-hybridized carbons (Fsp3) is 0.733. The molecule has 0 radical (unpaired) electrons. The van der Waals surface area contributed by atoms with Crippen LogP contribution in [0.3, 0.4) is 0 Å². The first kappa shape index (κ1) is 13.1. The summed E-state index contributed by atoms with van der Waals surface area (Å²) in [4.78, 5) is 7.15. The predicted molar refractivity (Wildman–Crippen MR) is 83.1 cm³/mol. The van der Waals surface area contributed by atoms with Crippen molar-refractivity contribution in [3.05, 3.63) is 5.69 Å². The lowest BCUT2D eigenvalue weighted by Crippen LogP contribution is -2.50. The van der Waals surface area contributed by atoms with Crippen LogP contribution >= 0.6 is 0 Å². The van der Waals surface area contributed by atoms with Gasteiger partial charge in [-0.3, -0.25) is 9.25 Å². The number of nitrogen functional groups attached to an aromatic ring is 1. The van der Waals surface area contributed by atoms with Crippen molar-refractivity contribution in [2.75, 3.05) is 12.8 Å². The van der Waals surface area contributed by atoms with E-state index in [4.69, 9.17) is 5.73 Å². The summed E-state index contributed by atoms with van der Waals surface area (Å²) in [6, 6.07) is 1.83. The highest BCUT2D eigenvalue weighted by atomic mass is 15.4. The molecule has 2 aliphatic rings. The summed E-state index contributed by atoms with van der Waals surface area (Å²) in [5.74, 6) is 0.647. The standard InChI is InChI=1S/C15H24N6/c1-9-13-14(20(3)18-9)21(15(16)17-13)12-7-10-5-4-6-11(8-12)19(10)2/h10-12H,4-8H2,1-3H3,(H2,16,17). The van der Waals surface area contributed by atoms with E-state index in [-0.39, 0.29) is 0 Å². The van der Waals surface area contributed by atoms with Crippen LogP contribution in [0.2, 0.25) is 0 Å². The minimum absolute atomic E-state index is 0.455. The Bertz CT molecular complexity index is 670. The van der Waals surface area contributed by atoms with Gasteiger partial charge < -0.3 is 10.6 Å². The lowest BCUT2D eigenvalue weighted by Gasteiger charge is -2.47. The fourth-order valence-electron chi connectivity index (χ4n) is 4.47. The van der Waals surface area contributed by atoms with Gasteiger partial charge in [-0.1, -0.05) is 6.42 Å². The molecule has 2 N–H and O–H groups in total. The van der Waals surface area contributed by atoms with E-state index in [1.807, 2.05) is 18.7 Å². The van der Waals surface area contributed by atoms with Crippen molar-refractivity contribution in [1.29, 1.82) is 0 Å². The Morgan fingerprint density at radius 2 is 1.76 bits per heavy atom. The van der Waals surface area contributed by atoms with E-state index in [9.17, 15) is 0 Å². The molecule has 21 heavy (non-hydrogen) atoms. The maximum atomic E-state index is 6.25. The maximum absolute atomic E-state index is 6.25. The average Bonchev–Trinajstić information content (AvgIpc) is 2.88. The van der Waals surface area contributed by atoms with Gasteiger partial charge in [-0.2, -0.15) is 5.10 Å². The van der Waals surface area contributed by atoms with Crippen LogP contribution in [-0.4, -0.2) is 43.4 Å². The van der Waals surface area contributed by atoms with Crippen LogP contribution in [-0.2, 0) is 7.05 Å². The second-order valence-electron chi connectivity index (χ2n) is 6.75. The van der Waals surface area contributed by atoms with Gasteiger partial charge in [0.15, 0.2) is 5.65 Å². The molecule has 0 amide bonds. The summed E-state index contributed by atoms with van der Waals surface area (Å²) >= 11 is 0. The van der Waals surface area contributed by atoms with E-state index in [0.717, 1.165) is 16.9 Å². The van der Waals surface area contributed by atoms with Crippen molar-refractivity contribution in [2.24, 2.45) is 7.05 Å². The zero-order valence-electron chi connectivity index (χ0n) is 13.1. The molecule has 0 aromatic carbocycles. The van der Waals surface area contributed by atoms with Crippen LogP contribution in [0.4, 0.5) is 5.95 Å². The summed E-state index contributed by atoms with van der Waals surface area (Å²) in [5.41, 5.74) is 9.25. The molecule has 2 saturated heterocycles. The Balaban J connectivity index is 1.78. The van der Waals surface area contributed by atoms with Gasteiger partial charge in [-0.25, -0.2) is 4.98 Å². The van der Waals surface area contributed by atoms with E-state index in [2.05, 4.69) is 26.6 Å². The largest absolute Gasteiger partial charge is 0.369 e. The Labute approximate surface area is 124 Å². The first-order valence-electron chi connectivity index (χ1n) is 7.95. The van der Waals surface area contributed by atoms with Gasteiger partial charge in [0, 0.05) is 25.2 Å². The molecule has 2 fully saturated rings. The fourth-order valence-corrected chi connectivity index (χ4v) is 4.47. The van der Waals surface area contributed by atoms with E-state index < -0.39 is 0 Å². The number of imidazole rings is 1. The predicted octanol–water partition coefficient (Wildman–Crippen LogP) is 1.85. The SMILES string of the molecule is Cc1nn(C)c2c1nc(N)n2C1CC2CCCC(C1)N2C.